The molecule has 19 heavy (non-hydrogen) atoms. The van der Waals surface area contributed by atoms with Crippen LogP contribution in [0.25, 0.3) is 0 Å². The molecule has 0 amide bonds. The standard InChI is InChI=1S/C14H21Cl2NO2/c1-4-17-13(14(18-5-2)19-6-3)11-9-10(15)7-8-12(11)16/h7-9,13-14,17H,4-6H2,1-3H3. The predicted molar refractivity (Wildman–Crippen MR) is 79.9 cm³/mol. The first-order valence-corrected chi connectivity index (χ1v) is 7.31. The average Bonchev–Trinajstić information content (AvgIpc) is 2.39. The Bertz CT molecular complexity index is 382. The van der Waals surface area contributed by atoms with E-state index in [9.17, 15) is 0 Å². The van der Waals surface area contributed by atoms with Crippen LogP contribution in [0.15, 0.2) is 18.2 Å². The van der Waals surface area contributed by atoms with Crippen LogP contribution in [-0.4, -0.2) is 26.0 Å². The number of rotatable bonds is 8. The molecule has 1 aromatic rings. The molecular formula is C14H21Cl2NO2. The molecule has 0 spiro atoms. The van der Waals surface area contributed by atoms with Gasteiger partial charge in [0, 0.05) is 23.3 Å². The van der Waals surface area contributed by atoms with Crippen molar-refractivity contribution >= 4 is 23.2 Å². The molecule has 0 aromatic heterocycles. The molecule has 1 aromatic carbocycles. The van der Waals surface area contributed by atoms with Crippen LogP contribution in [0.1, 0.15) is 32.4 Å². The number of halogens is 2. The Morgan fingerprint density at radius 1 is 1.11 bits per heavy atom. The quantitative estimate of drug-likeness (QED) is 0.735. The van der Waals surface area contributed by atoms with Crippen LogP contribution in [0, 0.1) is 0 Å². The lowest BCUT2D eigenvalue weighted by Crippen LogP contribution is -2.36. The van der Waals surface area contributed by atoms with Gasteiger partial charge in [-0.3, -0.25) is 0 Å². The van der Waals surface area contributed by atoms with Gasteiger partial charge in [0.15, 0.2) is 6.29 Å². The molecular weight excluding hydrogens is 285 g/mol. The minimum atomic E-state index is -0.383. The lowest BCUT2D eigenvalue weighted by Gasteiger charge is -2.28. The van der Waals surface area contributed by atoms with E-state index in [2.05, 4.69) is 5.32 Å². The number of hydrogen-bond acceptors (Lipinski definition) is 3. The number of hydrogen-bond donors (Lipinski definition) is 1. The Kier molecular flexibility index (Phi) is 7.73. The van der Waals surface area contributed by atoms with Gasteiger partial charge in [-0.15, -0.1) is 0 Å². The molecule has 0 bridgehead atoms. The van der Waals surface area contributed by atoms with E-state index in [1.165, 1.54) is 0 Å². The molecule has 1 rings (SSSR count). The maximum Gasteiger partial charge on any atom is 0.176 e. The molecule has 1 atom stereocenters. The Hall–Kier alpha value is -0.320. The van der Waals surface area contributed by atoms with Crippen LogP contribution in [0.4, 0.5) is 0 Å². The van der Waals surface area contributed by atoms with Crippen LogP contribution in [0.5, 0.6) is 0 Å². The first kappa shape index (κ1) is 16.7. The van der Waals surface area contributed by atoms with Gasteiger partial charge in [0.2, 0.25) is 0 Å². The third kappa shape index (κ3) is 4.93. The third-order valence-electron chi connectivity index (χ3n) is 2.65. The monoisotopic (exact) mass is 305 g/mol. The Morgan fingerprint density at radius 3 is 2.26 bits per heavy atom. The smallest absolute Gasteiger partial charge is 0.176 e. The minimum Gasteiger partial charge on any atom is -0.351 e. The van der Waals surface area contributed by atoms with E-state index in [0.717, 1.165) is 12.1 Å². The van der Waals surface area contributed by atoms with Crippen molar-refractivity contribution in [2.45, 2.75) is 33.1 Å². The zero-order chi connectivity index (χ0) is 14.3. The molecule has 108 valence electrons. The van der Waals surface area contributed by atoms with Crippen molar-refractivity contribution in [1.29, 1.82) is 0 Å². The highest BCUT2D eigenvalue weighted by molar-refractivity contribution is 6.33. The van der Waals surface area contributed by atoms with Crippen molar-refractivity contribution in [2.24, 2.45) is 0 Å². The number of benzene rings is 1. The number of likely N-dealkylation sites (N-methyl/N-ethyl adjacent to an activating group) is 1. The van der Waals surface area contributed by atoms with Crippen LogP contribution in [0.3, 0.4) is 0 Å². The van der Waals surface area contributed by atoms with Gasteiger partial charge in [0.05, 0.1) is 6.04 Å². The van der Waals surface area contributed by atoms with Crippen molar-refractivity contribution in [1.82, 2.24) is 5.32 Å². The molecule has 5 heteroatoms. The van der Waals surface area contributed by atoms with Crippen molar-refractivity contribution < 1.29 is 9.47 Å². The van der Waals surface area contributed by atoms with Crippen LogP contribution in [-0.2, 0) is 9.47 Å². The lowest BCUT2D eigenvalue weighted by atomic mass is 10.1. The summed E-state index contributed by atoms with van der Waals surface area (Å²) in [6.07, 6.45) is -0.383. The van der Waals surface area contributed by atoms with E-state index in [4.69, 9.17) is 32.7 Å². The zero-order valence-electron chi connectivity index (χ0n) is 11.6. The Balaban J connectivity index is 3.05. The lowest BCUT2D eigenvalue weighted by molar-refractivity contribution is -0.155. The van der Waals surface area contributed by atoms with E-state index >= 15 is 0 Å². The van der Waals surface area contributed by atoms with Crippen LogP contribution < -0.4 is 5.32 Å². The van der Waals surface area contributed by atoms with Gasteiger partial charge in [0.25, 0.3) is 0 Å². The molecule has 0 heterocycles. The summed E-state index contributed by atoms with van der Waals surface area (Å²) < 4.78 is 11.3. The second-order valence-electron chi connectivity index (χ2n) is 3.98. The summed E-state index contributed by atoms with van der Waals surface area (Å²) >= 11 is 12.3. The van der Waals surface area contributed by atoms with Crippen molar-refractivity contribution in [2.75, 3.05) is 19.8 Å². The van der Waals surface area contributed by atoms with Gasteiger partial charge >= 0.3 is 0 Å². The highest BCUT2D eigenvalue weighted by atomic mass is 35.5. The van der Waals surface area contributed by atoms with Crippen LogP contribution >= 0.6 is 23.2 Å². The van der Waals surface area contributed by atoms with Gasteiger partial charge in [-0.05, 0) is 44.2 Å². The highest BCUT2D eigenvalue weighted by Crippen LogP contribution is 2.30. The summed E-state index contributed by atoms with van der Waals surface area (Å²) in [5, 5.41) is 4.64. The van der Waals surface area contributed by atoms with Crippen molar-refractivity contribution in [3.63, 3.8) is 0 Å². The molecule has 1 N–H and O–H groups in total. The van der Waals surface area contributed by atoms with Gasteiger partial charge < -0.3 is 14.8 Å². The van der Waals surface area contributed by atoms with E-state index in [0.29, 0.717) is 23.3 Å². The summed E-state index contributed by atoms with van der Waals surface area (Å²) in [4.78, 5) is 0. The minimum absolute atomic E-state index is 0.143. The number of ether oxygens (including phenoxy) is 2. The van der Waals surface area contributed by atoms with E-state index in [1.807, 2.05) is 26.8 Å². The third-order valence-corrected chi connectivity index (χ3v) is 3.23. The Labute approximate surface area is 125 Å². The number of nitrogens with one attached hydrogen (secondary N) is 1. The molecule has 0 fully saturated rings. The van der Waals surface area contributed by atoms with E-state index < -0.39 is 0 Å². The van der Waals surface area contributed by atoms with Crippen LogP contribution in [0.2, 0.25) is 10.0 Å². The summed E-state index contributed by atoms with van der Waals surface area (Å²) in [6.45, 7) is 7.84. The molecule has 0 saturated heterocycles. The van der Waals surface area contributed by atoms with Gasteiger partial charge in [-0.1, -0.05) is 30.1 Å². The second kappa shape index (κ2) is 8.77. The van der Waals surface area contributed by atoms with Gasteiger partial charge in [-0.25, -0.2) is 0 Å². The van der Waals surface area contributed by atoms with E-state index in [-0.39, 0.29) is 12.3 Å². The zero-order valence-corrected chi connectivity index (χ0v) is 13.1. The van der Waals surface area contributed by atoms with Gasteiger partial charge in [0.1, 0.15) is 0 Å². The maximum atomic E-state index is 6.26. The second-order valence-corrected chi connectivity index (χ2v) is 4.82. The first-order valence-electron chi connectivity index (χ1n) is 6.55. The summed E-state index contributed by atoms with van der Waals surface area (Å²) in [5.74, 6) is 0. The largest absolute Gasteiger partial charge is 0.351 e. The molecule has 1 unspecified atom stereocenters. The molecule has 0 aliphatic carbocycles. The predicted octanol–water partition coefficient (Wildman–Crippen LogP) is 4.04. The van der Waals surface area contributed by atoms with Crippen molar-refractivity contribution in [3.8, 4) is 0 Å². The topological polar surface area (TPSA) is 30.5 Å². The average molecular weight is 306 g/mol. The fourth-order valence-corrected chi connectivity index (χ4v) is 2.31. The molecule has 3 nitrogen and oxygen atoms in total. The van der Waals surface area contributed by atoms with Crippen molar-refractivity contribution in [3.05, 3.63) is 33.8 Å². The van der Waals surface area contributed by atoms with E-state index in [1.54, 1.807) is 12.1 Å². The normalized spacial score (nSPS) is 12.9. The summed E-state index contributed by atoms with van der Waals surface area (Å²) in [6, 6.07) is 5.27. The Morgan fingerprint density at radius 2 is 1.74 bits per heavy atom. The highest BCUT2D eigenvalue weighted by Gasteiger charge is 2.25. The molecule has 0 aliphatic heterocycles. The fourth-order valence-electron chi connectivity index (χ4n) is 1.89. The summed E-state index contributed by atoms with van der Waals surface area (Å²) in [5.41, 5.74) is 0.892. The SMILES string of the molecule is CCNC(c1cc(Cl)ccc1Cl)C(OCC)OCC. The fraction of sp³-hybridized carbons (Fsp3) is 0.571. The molecule has 0 aliphatic rings. The maximum absolute atomic E-state index is 6.26. The summed E-state index contributed by atoms with van der Waals surface area (Å²) in [7, 11) is 0. The first-order chi connectivity index (χ1) is 9.13. The molecule has 0 saturated carbocycles. The molecule has 0 radical (unpaired) electrons. The van der Waals surface area contributed by atoms with Gasteiger partial charge in [-0.2, -0.15) is 0 Å².